The lowest BCUT2D eigenvalue weighted by molar-refractivity contribution is 1.01. The van der Waals surface area contributed by atoms with E-state index in [1.165, 1.54) is 11.1 Å². The Morgan fingerprint density at radius 3 is 1.35 bits per heavy atom. The van der Waals surface area contributed by atoms with Crippen molar-refractivity contribution in [1.29, 1.82) is 0 Å². The third-order valence-electron chi connectivity index (χ3n) is 4.56. The van der Waals surface area contributed by atoms with E-state index in [-0.39, 0.29) is 0 Å². The number of aromatic nitrogens is 4. The van der Waals surface area contributed by atoms with E-state index in [1.54, 1.807) is 0 Å². The molecule has 31 heavy (non-hydrogen) atoms. The van der Waals surface area contributed by atoms with Crippen molar-refractivity contribution in [2.75, 3.05) is 16.0 Å². The van der Waals surface area contributed by atoms with Crippen molar-refractivity contribution >= 4 is 23.3 Å². The van der Waals surface area contributed by atoms with Crippen LogP contribution in [0.2, 0.25) is 0 Å². The summed E-state index contributed by atoms with van der Waals surface area (Å²) in [6, 6.07) is 24.2. The number of anilines is 4. The molecule has 0 bridgehead atoms. The second kappa shape index (κ2) is 9.67. The summed E-state index contributed by atoms with van der Waals surface area (Å²) in [4.78, 5) is 18.0. The number of rotatable bonds is 8. The van der Waals surface area contributed by atoms with Gasteiger partial charge in [0, 0.05) is 25.2 Å². The van der Waals surface area contributed by atoms with Crippen LogP contribution in [0.1, 0.15) is 22.8 Å². The van der Waals surface area contributed by atoms with Gasteiger partial charge >= 0.3 is 0 Å². The van der Waals surface area contributed by atoms with Gasteiger partial charge in [-0.05, 0) is 25.0 Å². The molecular weight excluding hydrogens is 386 g/mol. The number of benzene rings is 2. The Balaban J connectivity index is 1.45. The Labute approximate surface area is 182 Å². The molecule has 2 aromatic carbocycles. The van der Waals surface area contributed by atoms with Crippen molar-refractivity contribution in [3.8, 4) is 0 Å². The quantitative estimate of drug-likeness (QED) is 0.382. The standard InChI is InChI=1S/C24H25N7/c1-17-27-21(25-15-19-9-5-3-6-10-19)13-23(29-17)31-24-14-22(28-18(2)30-24)26-16-20-11-7-4-8-12-20/h3-14H,15-16H2,1-2H3,(H3,25,26,27,28,29,30,31). The van der Waals surface area contributed by atoms with Crippen LogP contribution in [0.5, 0.6) is 0 Å². The van der Waals surface area contributed by atoms with E-state index < -0.39 is 0 Å². The monoisotopic (exact) mass is 411 g/mol. The molecular formula is C24H25N7. The lowest BCUT2D eigenvalue weighted by atomic mass is 10.2. The smallest absolute Gasteiger partial charge is 0.137 e. The predicted molar refractivity (Wildman–Crippen MR) is 124 cm³/mol. The molecule has 0 fully saturated rings. The van der Waals surface area contributed by atoms with E-state index in [4.69, 9.17) is 0 Å². The van der Waals surface area contributed by atoms with E-state index >= 15 is 0 Å². The van der Waals surface area contributed by atoms with Crippen LogP contribution in [0.25, 0.3) is 0 Å². The molecule has 0 saturated heterocycles. The Bertz CT molecular complexity index is 1040. The van der Waals surface area contributed by atoms with Crippen molar-refractivity contribution in [3.63, 3.8) is 0 Å². The third-order valence-corrected chi connectivity index (χ3v) is 4.56. The molecule has 2 heterocycles. The SMILES string of the molecule is Cc1nc(NCc2ccccc2)cc(Nc2cc(NCc3ccccc3)nc(C)n2)n1. The van der Waals surface area contributed by atoms with Gasteiger partial charge in [0.1, 0.15) is 34.9 Å². The highest BCUT2D eigenvalue weighted by Gasteiger charge is 2.06. The topological polar surface area (TPSA) is 87.7 Å². The van der Waals surface area contributed by atoms with E-state index in [0.29, 0.717) is 36.4 Å². The van der Waals surface area contributed by atoms with Crippen molar-refractivity contribution in [2.24, 2.45) is 0 Å². The minimum atomic E-state index is 0.675. The molecule has 156 valence electrons. The molecule has 0 atom stereocenters. The zero-order valence-electron chi connectivity index (χ0n) is 17.6. The maximum absolute atomic E-state index is 4.49. The summed E-state index contributed by atoms with van der Waals surface area (Å²) in [5.74, 6) is 4.21. The normalized spacial score (nSPS) is 10.5. The molecule has 2 aromatic heterocycles. The molecule has 7 heteroatoms. The van der Waals surface area contributed by atoms with Gasteiger partial charge in [0.2, 0.25) is 0 Å². The van der Waals surface area contributed by atoms with E-state index in [2.05, 4.69) is 60.2 Å². The van der Waals surface area contributed by atoms with Crippen LogP contribution in [0.3, 0.4) is 0 Å². The lowest BCUT2D eigenvalue weighted by Crippen LogP contribution is -2.07. The van der Waals surface area contributed by atoms with E-state index in [0.717, 1.165) is 11.6 Å². The number of aryl methyl sites for hydroxylation is 2. The fourth-order valence-corrected chi connectivity index (χ4v) is 3.15. The molecule has 0 unspecified atom stereocenters. The van der Waals surface area contributed by atoms with Gasteiger partial charge in [0.05, 0.1) is 0 Å². The first kappa shape index (κ1) is 20.3. The molecule has 0 aliphatic heterocycles. The first-order valence-electron chi connectivity index (χ1n) is 10.2. The molecule has 0 aliphatic carbocycles. The number of hydrogen-bond acceptors (Lipinski definition) is 7. The highest BCUT2D eigenvalue weighted by atomic mass is 15.1. The summed E-state index contributed by atoms with van der Waals surface area (Å²) in [6.45, 7) is 5.13. The summed E-state index contributed by atoms with van der Waals surface area (Å²) in [7, 11) is 0. The Hall–Kier alpha value is -4.00. The molecule has 4 rings (SSSR count). The number of nitrogens with one attached hydrogen (secondary N) is 3. The third kappa shape index (κ3) is 5.99. The molecule has 0 spiro atoms. The predicted octanol–water partition coefficient (Wildman–Crippen LogP) is 4.85. The highest BCUT2D eigenvalue weighted by Crippen LogP contribution is 2.19. The first-order valence-corrected chi connectivity index (χ1v) is 10.2. The maximum Gasteiger partial charge on any atom is 0.137 e. The van der Waals surface area contributed by atoms with Gasteiger partial charge in [0.15, 0.2) is 0 Å². The molecule has 0 amide bonds. The molecule has 0 aliphatic rings. The summed E-state index contributed by atoms with van der Waals surface area (Å²) in [5, 5.41) is 9.99. The Morgan fingerprint density at radius 1 is 0.548 bits per heavy atom. The largest absolute Gasteiger partial charge is 0.366 e. The fourth-order valence-electron chi connectivity index (χ4n) is 3.15. The van der Waals surface area contributed by atoms with Gasteiger partial charge in [-0.15, -0.1) is 0 Å². The summed E-state index contributed by atoms with van der Waals surface area (Å²) in [6.07, 6.45) is 0. The summed E-state index contributed by atoms with van der Waals surface area (Å²) >= 11 is 0. The van der Waals surface area contributed by atoms with Gasteiger partial charge < -0.3 is 16.0 Å². The second-order valence-electron chi connectivity index (χ2n) is 7.17. The van der Waals surface area contributed by atoms with Crippen LogP contribution in [0.4, 0.5) is 23.3 Å². The molecule has 0 saturated carbocycles. The van der Waals surface area contributed by atoms with Crippen LogP contribution in [0, 0.1) is 13.8 Å². The van der Waals surface area contributed by atoms with Crippen LogP contribution in [0.15, 0.2) is 72.8 Å². The highest BCUT2D eigenvalue weighted by molar-refractivity contribution is 5.59. The van der Waals surface area contributed by atoms with Gasteiger partial charge in [-0.2, -0.15) is 0 Å². The van der Waals surface area contributed by atoms with E-state index in [9.17, 15) is 0 Å². The zero-order chi connectivity index (χ0) is 21.5. The first-order chi connectivity index (χ1) is 15.1. The van der Waals surface area contributed by atoms with Crippen molar-refractivity contribution in [1.82, 2.24) is 19.9 Å². The minimum Gasteiger partial charge on any atom is -0.366 e. The van der Waals surface area contributed by atoms with Crippen LogP contribution in [-0.2, 0) is 13.1 Å². The van der Waals surface area contributed by atoms with Gasteiger partial charge in [-0.25, -0.2) is 19.9 Å². The molecule has 4 aromatic rings. The lowest BCUT2D eigenvalue weighted by Gasteiger charge is -2.12. The van der Waals surface area contributed by atoms with Gasteiger partial charge in [-0.1, -0.05) is 60.7 Å². The molecule has 0 radical (unpaired) electrons. The zero-order valence-corrected chi connectivity index (χ0v) is 17.6. The van der Waals surface area contributed by atoms with Gasteiger partial charge in [-0.3, -0.25) is 0 Å². The van der Waals surface area contributed by atoms with Crippen molar-refractivity contribution < 1.29 is 0 Å². The number of hydrogen-bond donors (Lipinski definition) is 3. The molecule has 7 nitrogen and oxygen atoms in total. The number of nitrogens with zero attached hydrogens (tertiary/aromatic N) is 4. The minimum absolute atomic E-state index is 0.675. The fraction of sp³-hybridized carbons (Fsp3) is 0.167. The average Bonchev–Trinajstić information content (AvgIpc) is 2.77. The van der Waals surface area contributed by atoms with Crippen LogP contribution >= 0.6 is 0 Å². The van der Waals surface area contributed by atoms with Crippen LogP contribution in [-0.4, -0.2) is 19.9 Å². The maximum atomic E-state index is 4.49. The van der Waals surface area contributed by atoms with Gasteiger partial charge in [0.25, 0.3) is 0 Å². The average molecular weight is 412 g/mol. The molecule has 3 N–H and O–H groups in total. The van der Waals surface area contributed by atoms with Crippen molar-refractivity contribution in [2.45, 2.75) is 26.9 Å². The Kier molecular flexibility index (Phi) is 6.32. The summed E-state index contributed by atoms with van der Waals surface area (Å²) in [5.41, 5.74) is 2.38. The van der Waals surface area contributed by atoms with Crippen LogP contribution < -0.4 is 16.0 Å². The van der Waals surface area contributed by atoms with Crippen molar-refractivity contribution in [3.05, 3.63) is 95.6 Å². The summed E-state index contributed by atoms with van der Waals surface area (Å²) < 4.78 is 0. The van der Waals surface area contributed by atoms with E-state index in [1.807, 2.05) is 62.4 Å². The second-order valence-corrected chi connectivity index (χ2v) is 7.17. The Morgan fingerprint density at radius 2 is 0.935 bits per heavy atom.